The lowest BCUT2D eigenvalue weighted by atomic mass is 9.97. The average Bonchev–Trinajstić information content (AvgIpc) is 2.56. The van der Waals surface area contributed by atoms with Crippen LogP contribution in [0, 0.1) is 5.41 Å². The zero-order chi connectivity index (χ0) is 18.9. The van der Waals surface area contributed by atoms with Crippen molar-refractivity contribution in [1.29, 1.82) is 0 Å². The van der Waals surface area contributed by atoms with Gasteiger partial charge in [0.15, 0.2) is 0 Å². The minimum Gasteiger partial charge on any atom is -0.457 e. The van der Waals surface area contributed by atoms with E-state index in [0.717, 1.165) is 18.4 Å². The fourth-order valence-corrected chi connectivity index (χ4v) is 1.97. The van der Waals surface area contributed by atoms with Crippen molar-refractivity contribution < 1.29 is 19.1 Å². The van der Waals surface area contributed by atoms with E-state index in [1.54, 1.807) is 52.0 Å². The Hall–Kier alpha value is -2.10. The fraction of sp³-hybridized carbons (Fsp3) is 0.524. The van der Waals surface area contributed by atoms with Gasteiger partial charge in [0.25, 0.3) is 0 Å². The summed E-state index contributed by atoms with van der Waals surface area (Å²) in [5.41, 5.74) is 0.948. The molecule has 0 aliphatic carbocycles. The minimum atomic E-state index is -0.546. The number of ether oxygens (including phenoxy) is 2. The summed E-state index contributed by atoms with van der Waals surface area (Å²) < 4.78 is 10.6. The van der Waals surface area contributed by atoms with Gasteiger partial charge >= 0.3 is 11.9 Å². The van der Waals surface area contributed by atoms with Gasteiger partial charge in [-0.25, -0.2) is 4.79 Å². The van der Waals surface area contributed by atoms with Gasteiger partial charge in [-0.05, 0) is 58.2 Å². The predicted molar refractivity (Wildman–Crippen MR) is 99.2 cm³/mol. The summed E-state index contributed by atoms with van der Waals surface area (Å²) in [6, 6.07) is 7.00. The Morgan fingerprint density at radius 2 is 1.72 bits per heavy atom. The van der Waals surface area contributed by atoms with Gasteiger partial charge in [0.1, 0.15) is 12.4 Å². The van der Waals surface area contributed by atoms with Gasteiger partial charge < -0.3 is 9.47 Å². The third-order valence-corrected chi connectivity index (χ3v) is 3.70. The molecule has 4 heteroatoms. The van der Waals surface area contributed by atoms with Crippen LogP contribution in [0.1, 0.15) is 65.9 Å². The Kier molecular flexibility index (Phi) is 8.39. The van der Waals surface area contributed by atoms with Crippen molar-refractivity contribution in [2.75, 3.05) is 0 Å². The molecule has 0 fully saturated rings. The fourth-order valence-electron chi connectivity index (χ4n) is 1.97. The molecule has 0 radical (unpaired) electrons. The first-order valence-electron chi connectivity index (χ1n) is 8.89. The number of carbonyl (C=O) groups excluding carboxylic acids is 2. The van der Waals surface area contributed by atoms with Gasteiger partial charge in [-0.2, -0.15) is 0 Å². The molecule has 0 saturated heterocycles. The standard InChI is InChI=1S/C21H30O4/c1-6-7-8-9-10-16(2)19(22)24-15-17-11-13-18(14-12-17)25-20(23)21(3,4)5/h10-14H,6-9,15H2,1-5H3. The largest absolute Gasteiger partial charge is 0.457 e. The Morgan fingerprint density at radius 1 is 1.08 bits per heavy atom. The number of benzene rings is 1. The zero-order valence-corrected chi connectivity index (χ0v) is 16.1. The molecule has 0 bridgehead atoms. The highest BCUT2D eigenvalue weighted by molar-refractivity contribution is 5.87. The second kappa shape index (κ2) is 10.0. The lowest BCUT2D eigenvalue weighted by Crippen LogP contribution is -2.25. The van der Waals surface area contributed by atoms with Crippen LogP contribution in [0.2, 0.25) is 0 Å². The van der Waals surface area contributed by atoms with Crippen LogP contribution in [0.5, 0.6) is 5.75 Å². The highest BCUT2D eigenvalue weighted by Crippen LogP contribution is 2.20. The normalized spacial score (nSPS) is 12.0. The van der Waals surface area contributed by atoms with E-state index < -0.39 is 5.41 Å². The van der Waals surface area contributed by atoms with E-state index in [0.29, 0.717) is 11.3 Å². The van der Waals surface area contributed by atoms with Crippen LogP contribution in [0.4, 0.5) is 0 Å². The quantitative estimate of drug-likeness (QED) is 0.281. The molecule has 1 aromatic rings. The van der Waals surface area contributed by atoms with Crippen LogP contribution in [0.25, 0.3) is 0 Å². The van der Waals surface area contributed by atoms with Gasteiger partial charge in [0.05, 0.1) is 5.41 Å². The van der Waals surface area contributed by atoms with E-state index in [2.05, 4.69) is 6.92 Å². The molecule has 0 saturated carbocycles. The lowest BCUT2D eigenvalue weighted by Gasteiger charge is -2.16. The van der Waals surface area contributed by atoms with Gasteiger partial charge in [-0.1, -0.05) is 38.0 Å². The molecule has 0 N–H and O–H groups in total. The van der Waals surface area contributed by atoms with Gasteiger partial charge in [-0.3, -0.25) is 4.79 Å². The number of hydrogen-bond donors (Lipinski definition) is 0. The SMILES string of the molecule is CCCCCC=C(C)C(=O)OCc1ccc(OC(=O)C(C)(C)C)cc1. The summed E-state index contributed by atoms with van der Waals surface area (Å²) in [5, 5.41) is 0. The molecular formula is C21H30O4. The van der Waals surface area contributed by atoms with Crippen molar-refractivity contribution in [3.63, 3.8) is 0 Å². The molecule has 25 heavy (non-hydrogen) atoms. The van der Waals surface area contributed by atoms with E-state index in [-0.39, 0.29) is 18.5 Å². The van der Waals surface area contributed by atoms with Crippen molar-refractivity contribution in [2.45, 2.75) is 66.9 Å². The number of unbranched alkanes of at least 4 members (excludes halogenated alkanes) is 3. The van der Waals surface area contributed by atoms with Gasteiger partial charge in [-0.15, -0.1) is 0 Å². The molecule has 0 heterocycles. The zero-order valence-electron chi connectivity index (χ0n) is 16.1. The maximum absolute atomic E-state index is 11.9. The highest BCUT2D eigenvalue weighted by atomic mass is 16.5. The Morgan fingerprint density at radius 3 is 2.28 bits per heavy atom. The summed E-state index contributed by atoms with van der Waals surface area (Å²) in [6.45, 7) is 9.56. The second-order valence-corrected chi connectivity index (χ2v) is 7.24. The van der Waals surface area contributed by atoms with Crippen LogP contribution in [0.3, 0.4) is 0 Å². The topological polar surface area (TPSA) is 52.6 Å². The molecule has 0 aromatic heterocycles. The van der Waals surface area contributed by atoms with Crippen molar-refractivity contribution >= 4 is 11.9 Å². The first-order chi connectivity index (χ1) is 11.7. The van der Waals surface area contributed by atoms with Crippen molar-refractivity contribution in [1.82, 2.24) is 0 Å². The molecule has 0 aliphatic rings. The summed E-state index contributed by atoms with van der Waals surface area (Å²) in [4.78, 5) is 23.8. The number of allylic oxidation sites excluding steroid dienone is 1. The smallest absolute Gasteiger partial charge is 0.333 e. The number of carbonyl (C=O) groups is 2. The van der Waals surface area contributed by atoms with E-state index >= 15 is 0 Å². The third-order valence-electron chi connectivity index (χ3n) is 3.70. The second-order valence-electron chi connectivity index (χ2n) is 7.24. The average molecular weight is 346 g/mol. The molecule has 138 valence electrons. The van der Waals surface area contributed by atoms with Crippen molar-refractivity contribution in [3.05, 3.63) is 41.5 Å². The summed E-state index contributed by atoms with van der Waals surface area (Å²) in [6.07, 6.45) is 6.27. The maximum Gasteiger partial charge on any atom is 0.333 e. The minimum absolute atomic E-state index is 0.201. The molecule has 0 unspecified atom stereocenters. The van der Waals surface area contributed by atoms with Crippen LogP contribution >= 0.6 is 0 Å². The molecular weight excluding hydrogens is 316 g/mol. The molecule has 0 spiro atoms. The van der Waals surface area contributed by atoms with Crippen LogP contribution in [0.15, 0.2) is 35.9 Å². The van der Waals surface area contributed by atoms with Crippen molar-refractivity contribution in [2.24, 2.45) is 5.41 Å². The highest BCUT2D eigenvalue weighted by Gasteiger charge is 2.23. The molecule has 0 aliphatic heterocycles. The van der Waals surface area contributed by atoms with Crippen LogP contribution < -0.4 is 4.74 Å². The molecule has 0 amide bonds. The van der Waals surface area contributed by atoms with E-state index in [1.807, 2.05) is 6.08 Å². The van der Waals surface area contributed by atoms with Crippen LogP contribution in [-0.4, -0.2) is 11.9 Å². The molecule has 1 aromatic carbocycles. The van der Waals surface area contributed by atoms with Gasteiger partial charge in [0.2, 0.25) is 0 Å². The van der Waals surface area contributed by atoms with E-state index in [9.17, 15) is 9.59 Å². The first kappa shape index (κ1) is 20.9. The Bertz CT molecular complexity index is 591. The summed E-state index contributed by atoms with van der Waals surface area (Å²) in [7, 11) is 0. The molecule has 1 rings (SSSR count). The number of hydrogen-bond acceptors (Lipinski definition) is 4. The van der Waals surface area contributed by atoms with E-state index in [4.69, 9.17) is 9.47 Å². The maximum atomic E-state index is 11.9. The Balaban J connectivity index is 2.48. The Labute approximate surface area is 151 Å². The van der Waals surface area contributed by atoms with Crippen LogP contribution in [-0.2, 0) is 20.9 Å². The summed E-state index contributed by atoms with van der Waals surface area (Å²) >= 11 is 0. The predicted octanol–water partition coefficient (Wildman–Crippen LogP) is 5.21. The first-order valence-corrected chi connectivity index (χ1v) is 8.89. The molecule has 0 atom stereocenters. The third kappa shape index (κ3) is 8.01. The summed E-state index contributed by atoms with van der Waals surface area (Å²) in [5.74, 6) is -0.0859. The monoisotopic (exact) mass is 346 g/mol. The number of rotatable bonds is 8. The lowest BCUT2D eigenvalue weighted by molar-refractivity contribution is -0.143. The van der Waals surface area contributed by atoms with Crippen molar-refractivity contribution in [3.8, 4) is 5.75 Å². The van der Waals surface area contributed by atoms with E-state index in [1.165, 1.54) is 12.8 Å². The van der Waals surface area contributed by atoms with Gasteiger partial charge in [0, 0.05) is 5.57 Å². The number of esters is 2. The molecule has 4 nitrogen and oxygen atoms in total.